The van der Waals surface area contributed by atoms with Gasteiger partial charge in [-0.3, -0.25) is 9.59 Å². The van der Waals surface area contributed by atoms with Crippen LogP contribution in [-0.4, -0.2) is 53.3 Å². The summed E-state index contributed by atoms with van der Waals surface area (Å²) in [6.45, 7) is 1.95. The highest BCUT2D eigenvalue weighted by molar-refractivity contribution is 6.30. The topological polar surface area (TPSA) is 66.6 Å². The zero-order valence-corrected chi connectivity index (χ0v) is 16.1. The van der Waals surface area contributed by atoms with E-state index in [1.54, 1.807) is 40.1 Å². The highest BCUT2D eigenvalue weighted by atomic mass is 35.5. The van der Waals surface area contributed by atoms with Gasteiger partial charge in [0, 0.05) is 42.3 Å². The molecule has 2 aliphatic rings. The molecule has 2 fully saturated rings. The third-order valence-electron chi connectivity index (χ3n) is 5.44. The minimum Gasteiger partial charge on any atom is -0.338 e. The van der Waals surface area contributed by atoms with E-state index in [1.165, 1.54) is 12.1 Å². The summed E-state index contributed by atoms with van der Waals surface area (Å²) in [4.78, 5) is 28.5. The molecule has 0 atom stereocenters. The molecule has 1 saturated heterocycles. The Morgan fingerprint density at radius 3 is 2.18 bits per heavy atom. The lowest BCUT2D eigenvalue weighted by molar-refractivity contribution is -0.135. The number of benzene rings is 2. The number of carbonyl (C=O) groups is 2. The van der Waals surface area contributed by atoms with Gasteiger partial charge in [0.05, 0.1) is 5.54 Å². The largest absolute Gasteiger partial charge is 0.338 e. The van der Waals surface area contributed by atoms with Crippen molar-refractivity contribution in [1.82, 2.24) is 9.80 Å². The highest BCUT2D eigenvalue weighted by Gasteiger charge is 2.48. The van der Waals surface area contributed by atoms with Gasteiger partial charge in [0.15, 0.2) is 0 Å². The standard InChI is InChI=1S/C21H21ClFN3O2/c22-16-5-6-18(23)17(13-16)14-1-3-15(4-2-14)19(27)25-9-11-26(12-10-25)20(28)21(24)7-8-21/h1-6,13H,7-12,24H2. The molecule has 1 aliphatic heterocycles. The van der Waals surface area contributed by atoms with E-state index in [9.17, 15) is 14.0 Å². The fourth-order valence-corrected chi connectivity index (χ4v) is 3.64. The molecule has 1 aliphatic carbocycles. The first-order valence-electron chi connectivity index (χ1n) is 9.30. The molecule has 0 radical (unpaired) electrons. The summed E-state index contributed by atoms with van der Waals surface area (Å²) in [5, 5.41) is 0.453. The molecule has 5 nitrogen and oxygen atoms in total. The monoisotopic (exact) mass is 401 g/mol. The Bertz CT molecular complexity index is 920. The smallest absolute Gasteiger partial charge is 0.253 e. The molecular formula is C21H21ClFN3O2. The Kier molecular flexibility index (Phi) is 4.85. The zero-order valence-electron chi connectivity index (χ0n) is 15.3. The molecule has 0 aromatic heterocycles. The first kappa shape index (κ1) is 18.9. The van der Waals surface area contributed by atoms with Crippen molar-refractivity contribution in [2.75, 3.05) is 26.2 Å². The maximum absolute atomic E-state index is 14.0. The number of hydrogen-bond acceptors (Lipinski definition) is 3. The van der Waals surface area contributed by atoms with Crippen LogP contribution in [0.15, 0.2) is 42.5 Å². The van der Waals surface area contributed by atoms with Gasteiger partial charge >= 0.3 is 0 Å². The van der Waals surface area contributed by atoms with Gasteiger partial charge in [-0.05, 0) is 48.7 Å². The van der Waals surface area contributed by atoms with Crippen molar-refractivity contribution < 1.29 is 14.0 Å². The summed E-state index contributed by atoms with van der Waals surface area (Å²) in [6, 6.07) is 11.2. The van der Waals surface area contributed by atoms with E-state index in [4.69, 9.17) is 17.3 Å². The number of amides is 2. The van der Waals surface area contributed by atoms with E-state index < -0.39 is 5.54 Å². The van der Waals surface area contributed by atoms with Crippen LogP contribution in [0.1, 0.15) is 23.2 Å². The van der Waals surface area contributed by atoms with Gasteiger partial charge in [-0.2, -0.15) is 0 Å². The average molecular weight is 402 g/mol. The van der Waals surface area contributed by atoms with Crippen molar-refractivity contribution in [1.29, 1.82) is 0 Å². The van der Waals surface area contributed by atoms with E-state index in [2.05, 4.69) is 0 Å². The van der Waals surface area contributed by atoms with Crippen molar-refractivity contribution in [2.24, 2.45) is 5.73 Å². The fourth-order valence-electron chi connectivity index (χ4n) is 3.47. The first-order valence-corrected chi connectivity index (χ1v) is 9.68. The molecule has 2 aromatic carbocycles. The minimum absolute atomic E-state index is 0.00694. The second kappa shape index (κ2) is 7.18. The normalized spacial score (nSPS) is 18.1. The molecule has 1 saturated carbocycles. The molecule has 1 heterocycles. The van der Waals surface area contributed by atoms with E-state index in [1.807, 2.05) is 0 Å². The van der Waals surface area contributed by atoms with Gasteiger partial charge in [0.2, 0.25) is 5.91 Å². The Morgan fingerprint density at radius 2 is 1.57 bits per heavy atom. The molecule has 2 aromatic rings. The summed E-state index contributed by atoms with van der Waals surface area (Å²) >= 11 is 5.95. The van der Waals surface area contributed by atoms with Crippen LogP contribution in [0.25, 0.3) is 11.1 Å². The van der Waals surface area contributed by atoms with Crippen LogP contribution >= 0.6 is 11.6 Å². The van der Waals surface area contributed by atoms with Crippen LogP contribution in [-0.2, 0) is 4.79 Å². The minimum atomic E-state index is -0.669. The molecule has 0 bridgehead atoms. The highest BCUT2D eigenvalue weighted by Crippen LogP contribution is 2.34. The number of piperazine rings is 1. The lowest BCUT2D eigenvalue weighted by Gasteiger charge is -2.36. The Hall–Kier alpha value is -2.44. The molecule has 0 spiro atoms. The van der Waals surface area contributed by atoms with E-state index in [-0.39, 0.29) is 17.6 Å². The Balaban J connectivity index is 1.42. The molecule has 146 valence electrons. The number of carbonyl (C=O) groups excluding carboxylic acids is 2. The Morgan fingerprint density at radius 1 is 0.964 bits per heavy atom. The van der Waals surface area contributed by atoms with Crippen molar-refractivity contribution in [3.05, 3.63) is 58.9 Å². The summed E-state index contributed by atoms with van der Waals surface area (Å²) in [6.07, 6.45) is 1.48. The Labute approximate surface area is 167 Å². The number of hydrogen-bond donors (Lipinski definition) is 1. The van der Waals surface area contributed by atoms with Gasteiger partial charge in [0.25, 0.3) is 5.91 Å². The van der Waals surface area contributed by atoms with Gasteiger partial charge in [-0.15, -0.1) is 0 Å². The molecular weight excluding hydrogens is 381 g/mol. The fraction of sp³-hybridized carbons (Fsp3) is 0.333. The molecule has 28 heavy (non-hydrogen) atoms. The molecule has 2 N–H and O–H groups in total. The third kappa shape index (κ3) is 3.62. The van der Waals surface area contributed by atoms with Gasteiger partial charge in [-0.25, -0.2) is 4.39 Å². The second-order valence-electron chi connectivity index (χ2n) is 7.44. The summed E-state index contributed by atoms with van der Waals surface area (Å²) < 4.78 is 14.0. The van der Waals surface area contributed by atoms with Crippen LogP contribution in [0, 0.1) is 5.82 Å². The average Bonchev–Trinajstić information content (AvgIpc) is 3.47. The van der Waals surface area contributed by atoms with E-state index in [0.29, 0.717) is 47.9 Å². The van der Waals surface area contributed by atoms with Crippen LogP contribution in [0.3, 0.4) is 0 Å². The summed E-state index contributed by atoms with van der Waals surface area (Å²) in [7, 11) is 0. The van der Waals surface area contributed by atoms with Crippen molar-refractivity contribution in [3.8, 4) is 11.1 Å². The maximum atomic E-state index is 14.0. The van der Waals surface area contributed by atoms with Crippen molar-refractivity contribution >= 4 is 23.4 Å². The predicted octanol–water partition coefficient (Wildman–Crippen LogP) is 2.92. The number of halogens is 2. The molecule has 7 heteroatoms. The molecule has 4 rings (SSSR count). The van der Waals surface area contributed by atoms with Crippen molar-refractivity contribution in [3.63, 3.8) is 0 Å². The van der Waals surface area contributed by atoms with E-state index >= 15 is 0 Å². The predicted molar refractivity (Wildman–Crippen MR) is 105 cm³/mol. The number of nitrogens with zero attached hydrogens (tertiary/aromatic N) is 2. The molecule has 2 amide bonds. The quantitative estimate of drug-likeness (QED) is 0.859. The van der Waals surface area contributed by atoms with E-state index in [0.717, 1.165) is 12.8 Å². The van der Waals surface area contributed by atoms with Crippen LogP contribution in [0.4, 0.5) is 4.39 Å². The van der Waals surface area contributed by atoms with Crippen LogP contribution in [0.2, 0.25) is 5.02 Å². The van der Waals surface area contributed by atoms with Crippen LogP contribution in [0.5, 0.6) is 0 Å². The lowest BCUT2D eigenvalue weighted by atomic mass is 10.0. The summed E-state index contributed by atoms with van der Waals surface area (Å²) in [5.41, 5.74) is 6.90. The first-order chi connectivity index (χ1) is 13.4. The summed E-state index contributed by atoms with van der Waals surface area (Å²) in [5.74, 6) is -0.468. The number of rotatable bonds is 3. The van der Waals surface area contributed by atoms with Gasteiger partial charge in [0.1, 0.15) is 5.82 Å². The zero-order chi connectivity index (χ0) is 19.9. The SMILES string of the molecule is NC1(C(=O)N2CCN(C(=O)c3ccc(-c4cc(Cl)ccc4F)cc3)CC2)CC1. The van der Waals surface area contributed by atoms with Gasteiger partial charge in [-0.1, -0.05) is 23.7 Å². The molecule has 0 unspecified atom stereocenters. The second-order valence-corrected chi connectivity index (χ2v) is 7.88. The third-order valence-corrected chi connectivity index (χ3v) is 5.68. The maximum Gasteiger partial charge on any atom is 0.253 e. The van der Waals surface area contributed by atoms with Gasteiger partial charge < -0.3 is 15.5 Å². The van der Waals surface area contributed by atoms with Crippen molar-refractivity contribution in [2.45, 2.75) is 18.4 Å². The lowest BCUT2D eigenvalue weighted by Crippen LogP contribution is -2.55. The number of nitrogens with two attached hydrogens (primary N) is 1. The van der Waals surface area contributed by atoms with Crippen LogP contribution < -0.4 is 5.73 Å².